The molecule has 2 atom stereocenters. The number of hydrogen-bond acceptors (Lipinski definition) is 4. The molecular formula is C20H19FN2O4. The highest BCUT2D eigenvalue weighted by Gasteiger charge is 2.48. The summed E-state index contributed by atoms with van der Waals surface area (Å²) in [5, 5.41) is 5.18. The molecule has 0 aliphatic heterocycles. The first kappa shape index (κ1) is 18.6. The lowest BCUT2D eigenvalue weighted by molar-refractivity contribution is -0.122. The van der Waals surface area contributed by atoms with Gasteiger partial charge in [0.05, 0.1) is 35.4 Å². The molecule has 2 amide bonds. The van der Waals surface area contributed by atoms with Gasteiger partial charge in [-0.2, -0.15) is 0 Å². The number of para-hydroxylation sites is 2. The van der Waals surface area contributed by atoms with Gasteiger partial charge in [-0.05, 0) is 37.6 Å². The van der Waals surface area contributed by atoms with Crippen molar-refractivity contribution in [2.24, 2.45) is 11.8 Å². The molecular weight excluding hydrogens is 351 g/mol. The van der Waals surface area contributed by atoms with Crippen molar-refractivity contribution in [2.75, 3.05) is 17.2 Å². The second-order valence-electron chi connectivity index (χ2n) is 6.17. The Morgan fingerprint density at radius 1 is 0.963 bits per heavy atom. The van der Waals surface area contributed by atoms with Gasteiger partial charge >= 0.3 is 5.97 Å². The van der Waals surface area contributed by atoms with Gasteiger partial charge in [0.25, 0.3) is 0 Å². The van der Waals surface area contributed by atoms with Gasteiger partial charge in [-0.1, -0.05) is 24.3 Å². The fourth-order valence-electron chi connectivity index (χ4n) is 2.77. The van der Waals surface area contributed by atoms with E-state index >= 15 is 0 Å². The Kier molecular flexibility index (Phi) is 5.49. The minimum Gasteiger partial charge on any atom is -0.462 e. The fourth-order valence-corrected chi connectivity index (χ4v) is 2.77. The molecule has 1 aliphatic carbocycles. The highest BCUT2D eigenvalue weighted by molar-refractivity contribution is 6.06. The number of carbonyl (C=O) groups is 3. The Morgan fingerprint density at radius 2 is 1.52 bits per heavy atom. The number of amides is 2. The molecule has 140 valence electrons. The zero-order chi connectivity index (χ0) is 19.4. The lowest BCUT2D eigenvalue weighted by Gasteiger charge is -2.10. The van der Waals surface area contributed by atoms with E-state index in [1.165, 1.54) is 18.2 Å². The quantitative estimate of drug-likeness (QED) is 0.765. The Bertz CT molecular complexity index is 884. The first-order valence-electron chi connectivity index (χ1n) is 8.63. The number of ether oxygens (including phenoxy) is 1. The van der Waals surface area contributed by atoms with Gasteiger partial charge in [-0.15, -0.1) is 0 Å². The Hall–Kier alpha value is -3.22. The zero-order valence-corrected chi connectivity index (χ0v) is 14.7. The van der Waals surface area contributed by atoms with Gasteiger partial charge in [0.2, 0.25) is 11.8 Å². The van der Waals surface area contributed by atoms with Crippen LogP contribution in [0.1, 0.15) is 23.7 Å². The molecule has 7 heteroatoms. The van der Waals surface area contributed by atoms with Gasteiger partial charge in [0, 0.05) is 0 Å². The monoisotopic (exact) mass is 370 g/mol. The molecule has 2 N–H and O–H groups in total. The number of anilines is 2. The molecule has 6 nitrogen and oxygen atoms in total. The maximum Gasteiger partial charge on any atom is 0.340 e. The SMILES string of the molecule is CCOC(=O)c1ccccc1NC(=O)C1CC1C(=O)Nc1ccccc1F. The Balaban J connectivity index is 1.62. The maximum atomic E-state index is 13.6. The van der Waals surface area contributed by atoms with Crippen molar-refractivity contribution in [3.63, 3.8) is 0 Å². The van der Waals surface area contributed by atoms with Crippen LogP contribution in [0.2, 0.25) is 0 Å². The third-order valence-corrected chi connectivity index (χ3v) is 4.28. The highest BCUT2D eigenvalue weighted by atomic mass is 19.1. The zero-order valence-electron chi connectivity index (χ0n) is 14.7. The number of carbonyl (C=O) groups excluding carboxylic acids is 3. The van der Waals surface area contributed by atoms with E-state index in [-0.39, 0.29) is 23.8 Å². The van der Waals surface area contributed by atoms with Crippen molar-refractivity contribution < 1.29 is 23.5 Å². The molecule has 0 bridgehead atoms. The second-order valence-corrected chi connectivity index (χ2v) is 6.17. The van der Waals surface area contributed by atoms with Gasteiger partial charge in [-0.3, -0.25) is 9.59 Å². The third-order valence-electron chi connectivity index (χ3n) is 4.28. The van der Waals surface area contributed by atoms with Gasteiger partial charge < -0.3 is 15.4 Å². The largest absolute Gasteiger partial charge is 0.462 e. The summed E-state index contributed by atoms with van der Waals surface area (Å²) in [7, 11) is 0. The van der Waals surface area contributed by atoms with Crippen molar-refractivity contribution in [2.45, 2.75) is 13.3 Å². The van der Waals surface area contributed by atoms with E-state index in [4.69, 9.17) is 4.74 Å². The van der Waals surface area contributed by atoms with Crippen LogP contribution < -0.4 is 10.6 Å². The molecule has 27 heavy (non-hydrogen) atoms. The molecule has 0 heterocycles. The second kappa shape index (κ2) is 7.99. The summed E-state index contributed by atoms with van der Waals surface area (Å²) < 4.78 is 18.6. The van der Waals surface area contributed by atoms with Crippen LogP contribution in [-0.2, 0) is 14.3 Å². The normalized spacial score (nSPS) is 17.7. The molecule has 2 aromatic carbocycles. The summed E-state index contributed by atoms with van der Waals surface area (Å²) >= 11 is 0. The van der Waals surface area contributed by atoms with Crippen molar-refractivity contribution in [3.05, 3.63) is 59.9 Å². The number of hydrogen-bond donors (Lipinski definition) is 2. The molecule has 1 fully saturated rings. The molecule has 0 spiro atoms. The highest BCUT2D eigenvalue weighted by Crippen LogP contribution is 2.40. The van der Waals surface area contributed by atoms with Crippen LogP contribution in [0.3, 0.4) is 0 Å². The summed E-state index contributed by atoms with van der Waals surface area (Å²) in [6.07, 6.45) is 0.369. The van der Waals surface area contributed by atoms with Crippen LogP contribution >= 0.6 is 0 Å². The molecule has 2 unspecified atom stereocenters. The molecule has 0 saturated heterocycles. The number of nitrogens with one attached hydrogen (secondary N) is 2. The number of halogens is 1. The summed E-state index contributed by atoms with van der Waals surface area (Å²) in [6.45, 7) is 1.92. The molecule has 1 aliphatic rings. The number of benzene rings is 2. The van der Waals surface area contributed by atoms with Crippen LogP contribution in [0, 0.1) is 17.7 Å². The van der Waals surface area contributed by atoms with E-state index in [9.17, 15) is 18.8 Å². The fraction of sp³-hybridized carbons (Fsp3) is 0.250. The summed E-state index contributed by atoms with van der Waals surface area (Å²) in [5.41, 5.74) is 0.669. The average molecular weight is 370 g/mol. The summed E-state index contributed by atoms with van der Waals surface area (Å²) in [6, 6.07) is 12.4. The smallest absolute Gasteiger partial charge is 0.340 e. The Labute approximate surface area is 155 Å². The van der Waals surface area contributed by atoms with Crippen LogP contribution in [0.4, 0.5) is 15.8 Å². The van der Waals surface area contributed by atoms with E-state index in [1.54, 1.807) is 37.3 Å². The van der Waals surface area contributed by atoms with Gasteiger partial charge in [0.15, 0.2) is 0 Å². The molecule has 3 rings (SSSR count). The van der Waals surface area contributed by atoms with Crippen LogP contribution in [0.15, 0.2) is 48.5 Å². The summed E-state index contributed by atoms with van der Waals surface area (Å²) in [5.74, 6) is -2.88. The minimum atomic E-state index is -0.532. The van der Waals surface area contributed by atoms with E-state index < -0.39 is 29.5 Å². The van der Waals surface area contributed by atoms with Crippen molar-refractivity contribution >= 4 is 29.2 Å². The van der Waals surface area contributed by atoms with Crippen LogP contribution in [0.5, 0.6) is 0 Å². The number of rotatable bonds is 6. The molecule has 2 aromatic rings. The Morgan fingerprint density at radius 3 is 2.15 bits per heavy atom. The van der Waals surface area contributed by atoms with Gasteiger partial charge in [0.1, 0.15) is 5.82 Å². The van der Waals surface area contributed by atoms with Crippen molar-refractivity contribution in [1.29, 1.82) is 0 Å². The topological polar surface area (TPSA) is 84.5 Å². The number of esters is 1. The first-order valence-corrected chi connectivity index (χ1v) is 8.63. The molecule has 1 saturated carbocycles. The maximum absolute atomic E-state index is 13.6. The van der Waals surface area contributed by atoms with Crippen molar-refractivity contribution in [3.8, 4) is 0 Å². The summed E-state index contributed by atoms with van der Waals surface area (Å²) in [4.78, 5) is 36.6. The molecule has 0 aromatic heterocycles. The first-order chi connectivity index (χ1) is 13.0. The van der Waals surface area contributed by atoms with E-state index in [2.05, 4.69) is 10.6 Å². The third kappa shape index (κ3) is 4.31. The van der Waals surface area contributed by atoms with Crippen molar-refractivity contribution in [1.82, 2.24) is 0 Å². The average Bonchev–Trinajstić information content (AvgIpc) is 3.45. The van der Waals surface area contributed by atoms with Crippen LogP contribution in [0.25, 0.3) is 0 Å². The minimum absolute atomic E-state index is 0.0845. The van der Waals surface area contributed by atoms with Gasteiger partial charge in [-0.25, -0.2) is 9.18 Å². The standard InChI is InChI=1S/C20H19FN2O4/c1-2-27-20(26)12-7-3-5-9-16(12)22-18(24)13-11-14(13)19(25)23-17-10-6-4-8-15(17)21/h3-10,13-14H,2,11H2,1H3,(H,22,24)(H,23,25). The van der Waals surface area contributed by atoms with Crippen LogP contribution in [-0.4, -0.2) is 24.4 Å². The molecule has 0 radical (unpaired) electrons. The van der Waals surface area contributed by atoms with E-state index in [0.717, 1.165) is 0 Å². The lowest BCUT2D eigenvalue weighted by atomic mass is 10.1. The van der Waals surface area contributed by atoms with E-state index in [1.807, 2.05) is 0 Å². The predicted molar refractivity (Wildman–Crippen MR) is 97.7 cm³/mol. The lowest BCUT2D eigenvalue weighted by Crippen LogP contribution is -2.22. The predicted octanol–water partition coefficient (Wildman–Crippen LogP) is 3.22. The van der Waals surface area contributed by atoms with E-state index in [0.29, 0.717) is 12.1 Å².